The van der Waals surface area contributed by atoms with Crippen LogP contribution in [0.1, 0.15) is 6.92 Å². The predicted octanol–water partition coefficient (Wildman–Crippen LogP) is 1.76. The predicted molar refractivity (Wildman–Crippen MR) is 49.2 cm³/mol. The first-order valence-electron chi connectivity index (χ1n) is 3.09. The Hall–Kier alpha value is -0.120. The molecule has 0 radical (unpaired) electrons. The van der Waals surface area contributed by atoms with Crippen molar-refractivity contribution in [2.24, 2.45) is 5.73 Å². The number of ether oxygens (including phenoxy) is 1. The minimum absolute atomic E-state index is 0.161. The van der Waals surface area contributed by atoms with Gasteiger partial charge in [-0.1, -0.05) is 34.8 Å². The van der Waals surface area contributed by atoms with Gasteiger partial charge >= 0.3 is 5.97 Å². The molecule has 0 spiro atoms. The van der Waals surface area contributed by atoms with Crippen molar-refractivity contribution in [1.82, 2.24) is 0 Å². The van der Waals surface area contributed by atoms with Crippen LogP contribution in [0.15, 0.2) is 11.8 Å². The Kier molecular flexibility index (Phi) is 4.75. The molecule has 6 heteroatoms. The van der Waals surface area contributed by atoms with E-state index < -0.39 is 9.76 Å². The Morgan fingerprint density at radius 1 is 1.58 bits per heavy atom. The van der Waals surface area contributed by atoms with Gasteiger partial charge in [-0.3, -0.25) is 0 Å². The molecule has 0 aliphatic rings. The zero-order valence-corrected chi connectivity index (χ0v) is 8.58. The quantitative estimate of drug-likeness (QED) is 0.448. The minimum Gasteiger partial charge on any atom is -0.463 e. The zero-order valence-electron chi connectivity index (χ0n) is 6.31. The van der Waals surface area contributed by atoms with E-state index in [4.69, 9.17) is 40.5 Å². The number of carbonyl (C=O) groups excluding carboxylic acids is 1. The average Bonchev–Trinajstić information content (AvgIpc) is 1.85. The van der Waals surface area contributed by atoms with Crippen LogP contribution in [0.25, 0.3) is 0 Å². The SMILES string of the molecule is CCOC(=O)C=C(N)C(Cl)(Cl)Cl. The van der Waals surface area contributed by atoms with E-state index in [9.17, 15) is 4.79 Å². The van der Waals surface area contributed by atoms with Crippen LogP contribution in [0, 0.1) is 0 Å². The second-order valence-electron chi connectivity index (χ2n) is 1.85. The summed E-state index contributed by atoms with van der Waals surface area (Å²) in [5, 5.41) is 0. The van der Waals surface area contributed by atoms with Crippen molar-refractivity contribution in [2.75, 3.05) is 6.61 Å². The maximum atomic E-state index is 10.7. The number of hydrogen-bond donors (Lipinski definition) is 1. The number of carbonyl (C=O) groups is 1. The topological polar surface area (TPSA) is 52.3 Å². The molecule has 0 unspecified atom stereocenters. The molecule has 0 amide bonds. The highest BCUT2D eigenvalue weighted by molar-refractivity contribution is 6.69. The second kappa shape index (κ2) is 4.80. The van der Waals surface area contributed by atoms with Gasteiger partial charge in [-0.05, 0) is 6.92 Å². The molecular weight excluding hydrogens is 224 g/mol. The summed E-state index contributed by atoms with van der Waals surface area (Å²) in [5.41, 5.74) is 5.09. The standard InChI is InChI=1S/C6H8Cl3NO2/c1-2-12-5(11)3-4(10)6(7,8)9/h3H,2,10H2,1H3. The first-order valence-corrected chi connectivity index (χ1v) is 4.22. The lowest BCUT2D eigenvalue weighted by Crippen LogP contribution is -2.18. The summed E-state index contributed by atoms with van der Waals surface area (Å²) < 4.78 is 2.78. The van der Waals surface area contributed by atoms with E-state index in [-0.39, 0.29) is 12.3 Å². The summed E-state index contributed by atoms with van der Waals surface area (Å²) in [6.07, 6.45) is 0.941. The Morgan fingerprint density at radius 3 is 2.42 bits per heavy atom. The summed E-state index contributed by atoms with van der Waals surface area (Å²) in [5.74, 6) is -0.624. The fraction of sp³-hybridized carbons (Fsp3) is 0.500. The fourth-order valence-corrected chi connectivity index (χ4v) is 0.556. The van der Waals surface area contributed by atoms with Crippen LogP contribution < -0.4 is 5.73 Å². The summed E-state index contributed by atoms with van der Waals surface area (Å²) in [6, 6.07) is 0. The van der Waals surface area contributed by atoms with Gasteiger partial charge < -0.3 is 10.5 Å². The summed E-state index contributed by atoms with van der Waals surface area (Å²) in [6.45, 7) is 1.92. The van der Waals surface area contributed by atoms with E-state index in [2.05, 4.69) is 4.74 Å². The lowest BCUT2D eigenvalue weighted by molar-refractivity contribution is -0.137. The van der Waals surface area contributed by atoms with E-state index in [1.165, 1.54) is 0 Å². The van der Waals surface area contributed by atoms with Crippen molar-refractivity contribution < 1.29 is 9.53 Å². The maximum absolute atomic E-state index is 10.7. The number of esters is 1. The molecule has 0 atom stereocenters. The molecule has 2 N–H and O–H groups in total. The van der Waals surface area contributed by atoms with Crippen molar-refractivity contribution in [3.8, 4) is 0 Å². The van der Waals surface area contributed by atoms with Crippen LogP contribution in [-0.2, 0) is 9.53 Å². The van der Waals surface area contributed by atoms with Gasteiger partial charge in [0.05, 0.1) is 12.3 Å². The molecule has 0 aromatic carbocycles. The van der Waals surface area contributed by atoms with Crippen LogP contribution in [-0.4, -0.2) is 16.4 Å². The van der Waals surface area contributed by atoms with Gasteiger partial charge in [-0.15, -0.1) is 0 Å². The molecule has 0 heterocycles. The van der Waals surface area contributed by atoms with Crippen LogP contribution in [0.5, 0.6) is 0 Å². The lowest BCUT2D eigenvalue weighted by Gasteiger charge is -2.09. The third-order valence-electron chi connectivity index (χ3n) is 0.887. The van der Waals surface area contributed by atoms with Crippen LogP contribution >= 0.6 is 34.8 Å². The Labute approximate surface area is 85.4 Å². The molecular formula is C6H8Cl3NO2. The van der Waals surface area contributed by atoms with E-state index in [1.54, 1.807) is 6.92 Å². The van der Waals surface area contributed by atoms with E-state index >= 15 is 0 Å². The zero-order chi connectivity index (χ0) is 9.78. The van der Waals surface area contributed by atoms with E-state index in [0.29, 0.717) is 0 Å². The fourth-order valence-electron chi connectivity index (χ4n) is 0.393. The van der Waals surface area contributed by atoms with Crippen molar-refractivity contribution in [2.45, 2.75) is 10.7 Å². The molecule has 0 aromatic rings. The summed E-state index contributed by atoms with van der Waals surface area (Å²) >= 11 is 16.1. The first kappa shape index (κ1) is 11.9. The normalized spacial score (nSPS) is 12.8. The molecule has 70 valence electrons. The van der Waals surface area contributed by atoms with Gasteiger partial charge in [0.15, 0.2) is 0 Å². The summed E-state index contributed by atoms with van der Waals surface area (Å²) in [4.78, 5) is 10.7. The average molecular weight is 232 g/mol. The molecule has 0 saturated carbocycles. The van der Waals surface area contributed by atoms with Crippen molar-refractivity contribution in [3.63, 3.8) is 0 Å². The molecule has 3 nitrogen and oxygen atoms in total. The number of alkyl halides is 3. The first-order chi connectivity index (χ1) is 5.38. The van der Waals surface area contributed by atoms with E-state index in [1.807, 2.05) is 0 Å². The lowest BCUT2D eigenvalue weighted by atomic mass is 10.4. The molecule has 0 rings (SSSR count). The second-order valence-corrected chi connectivity index (χ2v) is 4.13. The van der Waals surface area contributed by atoms with Gasteiger partial charge in [-0.25, -0.2) is 4.79 Å². The number of nitrogens with two attached hydrogens (primary N) is 1. The molecule has 0 fully saturated rings. The number of hydrogen-bond acceptors (Lipinski definition) is 3. The molecule has 12 heavy (non-hydrogen) atoms. The molecule has 0 aliphatic carbocycles. The Bertz CT molecular complexity index is 197. The molecule has 0 saturated heterocycles. The van der Waals surface area contributed by atoms with Gasteiger partial charge in [0.25, 0.3) is 0 Å². The highest BCUT2D eigenvalue weighted by Crippen LogP contribution is 2.31. The highest BCUT2D eigenvalue weighted by Gasteiger charge is 2.24. The summed E-state index contributed by atoms with van der Waals surface area (Å²) in [7, 11) is 0. The van der Waals surface area contributed by atoms with Gasteiger partial charge in [-0.2, -0.15) is 0 Å². The number of allylic oxidation sites excluding steroid dienone is 1. The third kappa shape index (κ3) is 4.70. The van der Waals surface area contributed by atoms with Crippen molar-refractivity contribution >= 4 is 40.8 Å². The van der Waals surface area contributed by atoms with Gasteiger partial charge in [0.2, 0.25) is 3.79 Å². The third-order valence-corrected chi connectivity index (χ3v) is 1.54. The minimum atomic E-state index is -1.76. The monoisotopic (exact) mass is 231 g/mol. The Morgan fingerprint density at radius 2 is 2.08 bits per heavy atom. The molecule has 0 bridgehead atoms. The van der Waals surface area contributed by atoms with Gasteiger partial charge in [0.1, 0.15) is 0 Å². The van der Waals surface area contributed by atoms with Crippen LogP contribution in [0.3, 0.4) is 0 Å². The maximum Gasteiger partial charge on any atom is 0.332 e. The van der Waals surface area contributed by atoms with Crippen LogP contribution in [0.4, 0.5) is 0 Å². The van der Waals surface area contributed by atoms with Crippen LogP contribution in [0.2, 0.25) is 0 Å². The highest BCUT2D eigenvalue weighted by atomic mass is 35.6. The van der Waals surface area contributed by atoms with Crippen molar-refractivity contribution in [3.05, 3.63) is 11.8 Å². The van der Waals surface area contributed by atoms with Crippen molar-refractivity contribution in [1.29, 1.82) is 0 Å². The molecule has 0 aliphatic heterocycles. The molecule has 0 aromatic heterocycles. The largest absolute Gasteiger partial charge is 0.463 e. The smallest absolute Gasteiger partial charge is 0.332 e. The van der Waals surface area contributed by atoms with E-state index in [0.717, 1.165) is 6.08 Å². The van der Waals surface area contributed by atoms with Gasteiger partial charge in [0, 0.05) is 6.08 Å². The number of rotatable bonds is 2. The number of halogens is 3. The Balaban J connectivity index is 4.26.